The van der Waals surface area contributed by atoms with E-state index in [0.29, 0.717) is 29.9 Å². The van der Waals surface area contributed by atoms with Crippen LogP contribution in [-0.2, 0) is 9.68 Å². The first-order valence-corrected chi connectivity index (χ1v) is 8.10. The van der Waals surface area contributed by atoms with Gasteiger partial charge in [-0.1, -0.05) is 5.23 Å². The summed E-state index contributed by atoms with van der Waals surface area (Å²) in [5.74, 6) is 0.534. The van der Waals surface area contributed by atoms with Gasteiger partial charge in [0, 0.05) is 37.3 Å². The van der Waals surface area contributed by atoms with Gasteiger partial charge in [-0.05, 0) is 18.9 Å². The highest BCUT2D eigenvalue weighted by atomic mass is 17.1. The van der Waals surface area contributed by atoms with Gasteiger partial charge < -0.3 is 14.1 Å². The lowest BCUT2D eigenvalue weighted by Crippen LogP contribution is -2.46. The lowest BCUT2D eigenvalue weighted by atomic mass is 10.0. The van der Waals surface area contributed by atoms with Gasteiger partial charge in [0.25, 0.3) is 6.01 Å². The van der Waals surface area contributed by atoms with Crippen LogP contribution >= 0.6 is 0 Å². The summed E-state index contributed by atoms with van der Waals surface area (Å²) in [5, 5.41) is 1.26. The van der Waals surface area contributed by atoms with Gasteiger partial charge in [0.2, 0.25) is 12.6 Å². The molecule has 0 amide bonds. The molecule has 126 valence electrons. The summed E-state index contributed by atoms with van der Waals surface area (Å²) in [5.41, 5.74) is 0. The van der Waals surface area contributed by atoms with E-state index in [1.807, 2.05) is 0 Å². The van der Waals surface area contributed by atoms with Crippen molar-refractivity contribution >= 4 is 11.8 Å². The minimum Gasteiger partial charge on any atom is -0.460 e. The zero-order valence-electron chi connectivity index (χ0n) is 12.9. The van der Waals surface area contributed by atoms with Crippen molar-refractivity contribution in [2.45, 2.75) is 43.9 Å². The summed E-state index contributed by atoms with van der Waals surface area (Å²) in [4.78, 5) is 25.2. The molecule has 0 aliphatic carbocycles. The van der Waals surface area contributed by atoms with E-state index in [1.165, 1.54) is 5.23 Å². The van der Waals surface area contributed by atoms with Gasteiger partial charge in [-0.15, -0.1) is 0 Å². The molecule has 0 spiro atoms. The third kappa shape index (κ3) is 2.36. The maximum Gasteiger partial charge on any atom is 0.316 e. The fourth-order valence-corrected chi connectivity index (χ4v) is 3.73. The average Bonchev–Trinajstić information content (AvgIpc) is 3.09. The molecule has 9 nitrogen and oxygen atoms in total. The molecule has 3 fully saturated rings. The van der Waals surface area contributed by atoms with Crippen molar-refractivity contribution in [3.63, 3.8) is 0 Å². The van der Waals surface area contributed by atoms with Gasteiger partial charge in [-0.3, -0.25) is 0 Å². The number of nitrogens with zero attached hydrogens (tertiary/aromatic N) is 5. The first-order chi connectivity index (χ1) is 11.9. The topological polar surface area (TPSA) is 86.0 Å². The van der Waals surface area contributed by atoms with E-state index < -0.39 is 0 Å². The first kappa shape index (κ1) is 14.0. The molecule has 5 rings (SSSR count). The largest absolute Gasteiger partial charge is 0.460 e. The molecule has 3 atom stereocenters. The van der Waals surface area contributed by atoms with Crippen LogP contribution in [0.5, 0.6) is 6.01 Å². The van der Waals surface area contributed by atoms with Crippen molar-refractivity contribution in [2.75, 3.05) is 16.9 Å². The second kappa shape index (κ2) is 5.60. The Hall–Kier alpha value is -2.39. The van der Waals surface area contributed by atoms with E-state index in [1.54, 1.807) is 24.7 Å². The summed E-state index contributed by atoms with van der Waals surface area (Å²) in [7, 11) is 0. The number of hydrogen-bond acceptors (Lipinski definition) is 9. The maximum atomic E-state index is 5.94. The quantitative estimate of drug-likeness (QED) is 0.830. The predicted molar refractivity (Wildman–Crippen MR) is 81.0 cm³/mol. The fourth-order valence-electron chi connectivity index (χ4n) is 3.73. The normalized spacial score (nSPS) is 28.8. The third-order valence-corrected chi connectivity index (χ3v) is 4.73. The van der Waals surface area contributed by atoms with Crippen molar-refractivity contribution in [2.24, 2.45) is 0 Å². The van der Waals surface area contributed by atoms with Crippen molar-refractivity contribution in [1.82, 2.24) is 15.0 Å². The van der Waals surface area contributed by atoms with Gasteiger partial charge >= 0.3 is 6.01 Å². The summed E-state index contributed by atoms with van der Waals surface area (Å²) in [6, 6.07) is 3.54. The van der Waals surface area contributed by atoms with Crippen LogP contribution in [-0.4, -0.2) is 39.9 Å². The Morgan fingerprint density at radius 1 is 1.08 bits per heavy atom. The Balaban J connectivity index is 1.29. The molecule has 0 saturated carbocycles. The molecule has 0 radical (unpaired) electrons. The van der Waals surface area contributed by atoms with Crippen LogP contribution in [0.1, 0.15) is 25.7 Å². The minimum absolute atomic E-state index is 0.123. The Kier molecular flexibility index (Phi) is 3.27. The van der Waals surface area contributed by atoms with Gasteiger partial charge in [-0.25, -0.2) is 19.6 Å². The maximum absolute atomic E-state index is 5.94. The lowest BCUT2D eigenvalue weighted by Gasteiger charge is -2.37. The van der Waals surface area contributed by atoms with Crippen molar-refractivity contribution < 1.29 is 18.8 Å². The molecule has 3 aliphatic heterocycles. The van der Waals surface area contributed by atoms with Crippen LogP contribution in [0, 0.1) is 0 Å². The molecule has 2 bridgehead atoms. The summed E-state index contributed by atoms with van der Waals surface area (Å²) >= 11 is 0. The van der Waals surface area contributed by atoms with Crippen LogP contribution < -0.4 is 14.9 Å². The molecule has 0 N–H and O–H groups in total. The summed E-state index contributed by atoms with van der Waals surface area (Å²) in [6.07, 6.45) is 9.09. The van der Waals surface area contributed by atoms with Crippen LogP contribution in [0.4, 0.5) is 11.8 Å². The van der Waals surface area contributed by atoms with Crippen molar-refractivity contribution in [1.29, 1.82) is 0 Å². The Morgan fingerprint density at radius 2 is 1.83 bits per heavy atom. The number of ether oxygens (including phenoxy) is 1. The monoisotopic (exact) mass is 331 g/mol. The van der Waals surface area contributed by atoms with Gasteiger partial charge in [-0.2, -0.15) is 4.98 Å². The van der Waals surface area contributed by atoms with Crippen LogP contribution in [0.3, 0.4) is 0 Å². The number of rotatable bonds is 4. The van der Waals surface area contributed by atoms with Crippen LogP contribution in [0.2, 0.25) is 0 Å². The second-order valence-electron chi connectivity index (χ2n) is 6.16. The molecule has 24 heavy (non-hydrogen) atoms. The predicted octanol–water partition coefficient (Wildman–Crippen LogP) is 1.68. The number of anilines is 2. The van der Waals surface area contributed by atoms with E-state index in [4.69, 9.17) is 18.8 Å². The molecule has 3 aliphatic rings. The second-order valence-corrected chi connectivity index (χ2v) is 6.16. The summed E-state index contributed by atoms with van der Waals surface area (Å²) in [6.45, 7) is 0.248. The Morgan fingerprint density at radius 3 is 2.50 bits per heavy atom. The SMILES string of the molecule is c1cnc(OC2C[C@H]3CC[C@@H](C2)N3c2nc(N3OCO3)co2)nc1. The van der Waals surface area contributed by atoms with E-state index in [-0.39, 0.29) is 12.9 Å². The number of piperidine rings is 1. The number of aromatic nitrogens is 3. The molecule has 2 aromatic heterocycles. The number of oxazole rings is 1. The standard InChI is InChI=1S/C15H17N5O4/c1-4-16-14(17-5-1)24-12-6-10-2-3-11(7-12)19(10)15-18-13(8-21-15)20-22-9-23-20/h1,4-5,8,10-12H,2-3,6-7,9H2/t10-,11+,12?. The molecule has 0 aromatic carbocycles. The van der Waals surface area contributed by atoms with Crippen molar-refractivity contribution in [3.8, 4) is 6.01 Å². The van der Waals surface area contributed by atoms with E-state index in [0.717, 1.165) is 25.7 Å². The Labute approximate surface area is 138 Å². The fraction of sp³-hybridized carbons (Fsp3) is 0.533. The number of fused-ring (bicyclic) bond motifs is 2. The van der Waals surface area contributed by atoms with Crippen LogP contribution in [0.15, 0.2) is 29.1 Å². The molecule has 5 heterocycles. The molecule has 9 heteroatoms. The van der Waals surface area contributed by atoms with Gasteiger partial charge in [0.05, 0.1) is 0 Å². The van der Waals surface area contributed by atoms with E-state index in [2.05, 4.69) is 19.9 Å². The molecule has 1 unspecified atom stereocenters. The molecule has 2 aromatic rings. The number of hydrogen-bond donors (Lipinski definition) is 0. The van der Waals surface area contributed by atoms with E-state index >= 15 is 0 Å². The zero-order valence-corrected chi connectivity index (χ0v) is 12.9. The van der Waals surface area contributed by atoms with E-state index in [9.17, 15) is 0 Å². The molecular weight excluding hydrogens is 314 g/mol. The minimum atomic E-state index is 0.123. The first-order valence-electron chi connectivity index (χ1n) is 8.10. The van der Waals surface area contributed by atoms with Gasteiger partial charge in [0.1, 0.15) is 12.4 Å². The smallest absolute Gasteiger partial charge is 0.316 e. The highest BCUT2D eigenvalue weighted by Gasteiger charge is 2.44. The average molecular weight is 331 g/mol. The summed E-state index contributed by atoms with van der Waals surface area (Å²) < 4.78 is 11.6. The van der Waals surface area contributed by atoms with Crippen LogP contribution in [0.25, 0.3) is 0 Å². The molecule has 3 saturated heterocycles. The van der Waals surface area contributed by atoms with Gasteiger partial charge in [0.15, 0.2) is 0 Å². The zero-order chi connectivity index (χ0) is 15.9. The molecular formula is C15H17N5O4. The lowest BCUT2D eigenvalue weighted by molar-refractivity contribution is -0.278. The third-order valence-electron chi connectivity index (χ3n) is 4.73. The highest BCUT2D eigenvalue weighted by molar-refractivity contribution is 5.42. The van der Waals surface area contributed by atoms with Crippen molar-refractivity contribution in [3.05, 3.63) is 24.7 Å². The Bertz CT molecular complexity index is 693. The highest BCUT2D eigenvalue weighted by Crippen LogP contribution is 2.40.